The normalized spacial score (nSPS) is 13.0. The molecule has 0 aliphatic rings. The highest BCUT2D eigenvalue weighted by molar-refractivity contribution is 7.15. The number of hydrogen-bond acceptors (Lipinski definition) is 12. The number of allylic oxidation sites excluding steroid dienone is 4. The molecule has 0 aromatic carbocycles. The molecule has 298 valence electrons. The van der Waals surface area contributed by atoms with Gasteiger partial charge in [-0.15, -0.1) is 20.4 Å². The van der Waals surface area contributed by atoms with Crippen LogP contribution in [-0.2, 0) is 31.9 Å². The minimum absolute atomic E-state index is 0.158. The molecule has 2 aromatic heterocycles. The lowest BCUT2D eigenvalue weighted by Crippen LogP contribution is -2.28. The van der Waals surface area contributed by atoms with Gasteiger partial charge in [-0.05, 0) is 64.0 Å². The lowest BCUT2D eigenvalue weighted by molar-refractivity contribution is -0.120. The van der Waals surface area contributed by atoms with E-state index < -0.39 is 11.8 Å². The highest BCUT2D eigenvalue weighted by atomic mass is 32.1. The van der Waals surface area contributed by atoms with E-state index in [2.05, 4.69) is 94.8 Å². The molecule has 0 saturated carbocycles. The van der Waals surface area contributed by atoms with Crippen molar-refractivity contribution < 1.29 is 19.1 Å². The Bertz CT molecular complexity index is 1440. The average molecular weight is 783 g/mol. The molecule has 2 rings (SSSR count). The van der Waals surface area contributed by atoms with Crippen molar-refractivity contribution in [2.45, 2.75) is 80.1 Å². The van der Waals surface area contributed by atoms with Gasteiger partial charge >= 0.3 is 0 Å². The second kappa shape index (κ2) is 25.9. The van der Waals surface area contributed by atoms with Crippen molar-refractivity contribution >= 4 is 44.8 Å². The van der Waals surface area contributed by atoms with Gasteiger partial charge in [0.2, 0.25) is 22.1 Å². The fourth-order valence-corrected chi connectivity index (χ4v) is 7.08. The van der Waals surface area contributed by atoms with Crippen LogP contribution in [0, 0.1) is 11.8 Å². The Kier molecular flexibility index (Phi) is 22.2. The van der Waals surface area contributed by atoms with Gasteiger partial charge in [0.25, 0.3) is 0 Å². The number of aromatic nitrogens is 4. The summed E-state index contributed by atoms with van der Waals surface area (Å²) in [5.41, 5.74) is 1.54. The van der Waals surface area contributed by atoms with E-state index in [0.717, 1.165) is 73.3 Å². The van der Waals surface area contributed by atoms with E-state index in [9.17, 15) is 9.59 Å². The fourth-order valence-electron chi connectivity index (χ4n) is 5.51. The number of nitrogens with one attached hydrogen (secondary N) is 2. The van der Waals surface area contributed by atoms with Crippen LogP contribution in [0.4, 0.5) is 10.3 Å². The van der Waals surface area contributed by atoms with Gasteiger partial charge in [-0.2, -0.15) is 0 Å². The lowest BCUT2D eigenvalue weighted by atomic mass is 9.98. The van der Waals surface area contributed by atoms with E-state index in [1.54, 1.807) is 12.2 Å². The number of aryl methyl sites for hydroxylation is 2. The second-order valence-electron chi connectivity index (χ2n) is 12.5. The molecule has 0 bridgehead atoms. The molecule has 2 unspecified atom stereocenters. The van der Waals surface area contributed by atoms with E-state index >= 15 is 0 Å². The molecule has 0 spiro atoms. The first-order valence-electron chi connectivity index (χ1n) is 18.9. The Hall–Kier alpha value is -3.98. The van der Waals surface area contributed by atoms with Gasteiger partial charge in [0.05, 0.1) is 23.4 Å². The van der Waals surface area contributed by atoms with Gasteiger partial charge in [-0.25, -0.2) is 0 Å². The fraction of sp³-hybridized carbons (Fsp3) is 0.550. The monoisotopic (exact) mass is 782 g/mol. The number of hydrogen-bond donors (Lipinski definition) is 2. The Morgan fingerprint density at radius 1 is 0.685 bits per heavy atom. The van der Waals surface area contributed by atoms with Crippen molar-refractivity contribution in [3.63, 3.8) is 0 Å². The van der Waals surface area contributed by atoms with E-state index in [0.29, 0.717) is 47.5 Å². The van der Waals surface area contributed by atoms with Crippen molar-refractivity contribution in [1.82, 2.24) is 30.2 Å². The molecule has 0 aliphatic heterocycles. The van der Waals surface area contributed by atoms with E-state index in [-0.39, 0.29) is 25.0 Å². The zero-order chi connectivity index (χ0) is 39.9. The first-order valence-corrected chi connectivity index (χ1v) is 20.6. The molecule has 0 radical (unpaired) electrons. The number of carbonyl (C=O) groups is 2. The van der Waals surface area contributed by atoms with Crippen molar-refractivity contribution in [2.24, 2.45) is 11.8 Å². The van der Waals surface area contributed by atoms with Crippen LogP contribution in [0.3, 0.4) is 0 Å². The van der Waals surface area contributed by atoms with Gasteiger partial charge in [0, 0.05) is 38.8 Å². The van der Waals surface area contributed by atoms with Crippen molar-refractivity contribution in [2.75, 3.05) is 63.1 Å². The van der Waals surface area contributed by atoms with E-state index in [1.165, 1.54) is 22.7 Å². The van der Waals surface area contributed by atoms with Crippen LogP contribution in [-0.4, -0.2) is 94.5 Å². The summed E-state index contributed by atoms with van der Waals surface area (Å²) in [6, 6.07) is 0. The number of amides is 2. The summed E-state index contributed by atoms with van der Waals surface area (Å²) in [6.07, 6.45) is 11.6. The maximum absolute atomic E-state index is 13.3. The molecule has 0 fully saturated rings. The predicted molar refractivity (Wildman–Crippen MR) is 224 cm³/mol. The van der Waals surface area contributed by atoms with Gasteiger partial charge < -0.3 is 19.3 Å². The number of rotatable bonds is 29. The van der Waals surface area contributed by atoms with E-state index in [1.807, 2.05) is 26.0 Å². The Labute approximate surface area is 331 Å². The third kappa shape index (κ3) is 16.2. The third-order valence-corrected chi connectivity index (χ3v) is 10.9. The number of nitrogens with zero attached hydrogens (tertiary/aromatic N) is 6. The highest BCUT2D eigenvalue weighted by Gasteiger charge is 2.25. The average Bonchev–Trinajstić information content (AvgIpc) is 3.82. The summed E-state index contributed by atoms with van der Waals surface area (Å²) in [6.45, 7) is 34.0. The zero-order valence-electron chi connectivity index (χ0n) is 33.3. The molecule has 2 heterocycles. The predicted octanol–water partition coefficient (Wildman–Crippen LogP) is 7.85. The summed E-state index contributed by atoms with van der Waals surface area (Å²) >= 11 is 2.72. The summed E-state index contributed by atoms with van der Waals surface area (Å²) in [4.78, 5) is 31.3. The van der Waals surface area contributed by atoms with Crippen molar-refractivity contribution in [3.8, 4) is 0 Å². The second-order valence-corrected chi connectivity index (χ2v) is 14.7. The third-order valence-electron chi connectivity index (χ3n) is 9.11. The van der Waals surface area contributed by atoms with Crippen LogP contribution >= 0.6 is 22.7 Å². The van der Waals surface area contributed by atoms with Crippen LogP contribution in [0.25, 0.3) is 0 Å². The summed E-state index contributed by atoms with van der Waals surface area (Å²) in [5.74, 6) is -0.296. The smallest absolute Gasteiger partial charge is 0.237 e. The molecule has 2 atom stereocenters. The minimum atomic E-state index is -0.564. The van der Waals surface area contributed by atoms with Crippen LogP contribution in [0.2, 0.25) is 0 Å². The first kappa shape index (κ1) is 46.2. The van der Waals surface area contributed by atoms with Crippen molar-refractivity contribution in [3.05, 3.63) is 83.3 Å². The van der Waals surface area contributed by atoms with Crippen LogP contribution in [0.15, 0.2) is 73.3 Å². The maximum atomic E-state index is 13.3. The van der Waals surface area contributed by atoms with Crippen LogP contribution < -0.4 is 10.6 Å². The SMILES string of the molecule is C=C/C(=C\C)C(COC(=C)CCN(CC)CC)C(=O)Nc1nnc(CCCCc2nnc(NC(=O)C(COC(=C)CCN(CC)CC)/C(C=C)=C/C)s2)s1. The topological polar surface area (TPSA) is 135 Å². The standard InChI is InChI=1S/C40H62N8O4S2/c1-11-31(12-2)33(27-51-29(9)23-25-47(15-5)16-6)37(49)41-39-45-43-35(53-39)21-19-20-22-36-44-46-40(54-36)42-38(50)34(32(13-3)14-4)28-52-30(10)24-26-48(17-7)18-8/h11-14,33-34H,1,3,9-10,15-28H2,2,4-8H3,(H,41,45,49)(H,42,46,50)/b31-12+,32-14+. The van der Waals surface area contributed by atoms with Crippen molar-refractivity contribution in [1.29, 1.82) is 0 Å². The summed E-state index contributed by atoms with van der Waals surface area (Å²) in [5, 5.41) is 25.4. The Morgan fingerprint density at radius 3 is 1.37 bits per heavy atom. The van der Waals surface area contributed by atoms with E-state index in [4.69, 9.17) is 9.47 Å². The van der Waals surface area contributed by atoms with Gasteiger partial charge in [0.15, 0.2) is 0 Å². The highest BCUT2D eigenvalue weighted by Crippen LogP contribution is 2.24. The maximum Gasteiger partial charge on any atom is 0.237 e. The quantitative estimate of drug-likeness (QED) is 0.0477. The Morgan fingerprint density at radius 2 is 1.06 bits per heavy atom. The summed E-state index contributed by atoms with van der Waals surface area (Å²) in [7, 11) is 0. The molecule has 2 aromatic rings. The largest absolute Gasteiger partial charge is 0.497 e. The molecule has 14 heteroatoms. The molecule has 2 amide bonds. The molecule has 54 heavy (non-hydrogen) atoms. The molecular formula is C40H62N8O4S2. The van der Waals surface area contributed by atoms with Crippen LogP contribution in [0.1, 0.15) is 77.2 Å². The number of ether oxygens (including phenoxy) is 2. The lowest BCUT2D eigenvalue weighted by Gasteiger charge is -2.21. The molecule has 0 saturated heterocycles. The summed E-state index contributed by atoms with van der Waals surface area (Å²) < 4.78 is 11.9. The Balaban J connectivity index is 1.87. The number of unbranched alkanes of at least 4 members (excludes halogenated alkanes) is 1. The number of carbonyl (C=O) groups excluding carboxylic acids is 2. The molecule has 12 nitrogen and oxygen atoms in total. The number of anilines is 2. The minimum Gasteiger partial charge on any atom is -0.497 e. The van der Waals surface area contributed by atoms with Gasteiger partial charge in [-0.1, -0.05) is 101 Å². The molecule has 0 aliphatic carbocycles. The molecule has 2 N–H and O–H groups in total. The van der Waals surface area contributed by atoms with Gasteiger partial charge in [0.1, 0.15) is 23.2 Å². The zero-order valence-corrected chi connectivity index (χ0v) is 35.0. The molecular weight excluding hydrogens is 721 g/mol. The van der Waals surface area contributed by atoms with Gasteiger partial charge in [-0.3, -0.25) is 20.2 Å². The van der Waals surface area contributed by atoms with Crippen LogP contribution in [0.5, 0.6) is 0 Å². The first-order chi connectivity index (χ1) is 26.0.